The Hall–Kier alpha value is -1.99. The lowest BCUT2D eigenvalue weighted by Crippen LogP contribution is -2.47. The molecule has 0 unspecified atom stereocenters. The van der Waals surface area contributed by atoms with Gasteiger partial charge in [0.1, 0.15) is 6.10 Å². The molecule has 6 nitrogen and oxygen atoms in total. The summed E-state index contributed by atoms with van der Waals surface area (Å²) in [6.07, 6.45) is 8.22. The average molecular weight is 346 g/mol. The number of halogens is 1. The molecule has 0 amide bonds. The number of pyridine rings is 1. The summed E-state index contributed by atoms with van der Waals surface area (Å²) in [5, 5.41) is 4.23. The lowest BCUT2D eigenvalue weighted by atomic mass is 9.89. The van der Waals surface area contributed by atoms with Crippen LogP contribution in [-0.4, -0.2) is 51.1 Å². The summed E-state index contributed by atoms with van der Waals surface area (Å²) in [4.78, 5) is 6.38. The second kappa shape index (κ2) is 6.72. The summed E-state index contributed by atoms with van der Waals surface area (Å²) in [5.74, 6) is -0.360. The molecule has 7 heteroatoms. The summed E-state index contributed by atoms with van der Waals surface area (Å²) in [7, 11) is 1.93. The lowest BCUT2D eigenvalue weighted by Gasteiger charge is -2.39. The van der Waals surface area contributed by atoms with Crippen molar-refractivity contribution in [1.82, 2.24) is 19.7 Å². The molecule has 2 atom stereocenters. The fourth-order valence-electron chi connectivity index (χ4n) is 3.92. The van der Waals surface area contributed by atoms with E-state index < -0.39 is 5.82 Å². The molecule has 0 radical (unpaired) electrons. The monoisotopic (exact) mass is 346 g/mol. The van der Waals surface area contributed by atoms with Gasteiger partial charge in [0.2, 0.25) is 0 Å². The zero-order chi connectivity index (χ0) is 17.3. The van der Waals surface area contributed by atoms with Gasteiger partial charge in [0.25, 0.3) is 5.88 Å². The van der Waals surface area contributed by atoms with Gasteiger partial charge in [-0.2, -0.15) is 5.10 Å². The van der Waals surface area contributed by atoms with E-state index in [1.807, 2.05) is 24.1 Å². The molecule has 1 spiro atoms. The van der Waals surface area contributed by atoms with E-state index in [0.29, 0.717) is 6.61 Å². The van der Waals surface area contributed by atoms with E-state index in [0.717, 1.165) is 38.9 Å². The van der Waals surface area contributed by atoms with Crippen LogP contribution in [0.3, 0.4) is 0 Å². The first-order valence-electron chi connectivity index (χ1n) is 8.73. The molecule has 0 aromatic carbocycles. The number of piperidine rings is 1. The molecule has 0 N–H and O–H groups in total. The van der Waals surface area contributed by atoms with Crippen molar-refractivity contribution >= 4 is 0 Å². The Morgan fingerprint density at radius 1 is 1.48 bits per heavy atom. The van der Waals surface area contributed by atoms with Crippen molar-refractivity contribution < 1.29 is 13.9 Å². The largest absolute Gasteiger partial charge is 0.470 e. The second-order valence-corrected chi connectivity index (χ2v) is 7.06. The van der Waals surface area contributed by atoms with Crippen LogP contribution in [0.4, 0.5) is 4.39 Å². The molecule has 2 aromatic heterocycles. The van der Waals surface area contributed by atoms with Gasteiger partial charge in [0, 0.05) is 44.5 Å². The van der Waals surface area contributed by atoms with Crippen molar-refractivity contribution in [2.45, 2.75) is 37.5 Å². The molecule has 0 saturated carbocycles. The fourth-order valence-corrected chi connectivity index (χ4v) is 3.92. The van der Waals surface area contributed by atoms with Crippen LogP contribution >= 0.6 is 0 Å². The highest BCUT2D eigenvalue weighted by Gasteiger charge is 2.44. The highest BCUT2D eigenvalue weighted by Crippen LogP contribution is 2.36. The molecular formula is C18H23FN4O2. The van der Waals surface area contributed by atoms with Crippen LogP contribution in [0.25, 0.3) is 0 Å². The number of hydrogen-bond acceptors (Lipinski definition) is 5. The van der Waals surface area contributed by atoms with Gasteiger partial charge in [-0.15, -0.1) is 0 Å². The van der Waals surface area contributed by atoms with Crippen LogP contribution < -0.4 is 4.74 Å². The SMILES string of the molecule is Cn1cc(CN2CCC[C@]3(C[C@@H](Oc4ncccc4F)CO3)C2)cn1. The minimum absolute atomic E-state index is 0.0659. The van der Waals surface area contributed by atoms with Gasteiger partial charge in [0.15, 0.2) is 5.82 Å². The van der Waals surface area contributed by atoms with E-state index in [-0.39, 0.29) is 17.6 Å². The molecule has 2 aliphatic rings. The quantitative estimate of drug-likeness (QED) is 0.849. The van der Waals surface area contributed by atoms with Crippen molar-refractivity contribution in [2.24, 2.45) is 7.05 Å². The highest BCUT2D eigenvalue weighted by molar-refractivity contribution is 5.14. The molecule has 4 rings (SSSR count). The van der Waals surface area contributed by atoms with Crippen LogP contribution in [0.1, 0.15) is 24.8 Å². The molecular weight excluding hydrogens is 323 g/mol. The first-order chi connectivity index (χ1) is 12.1. The number of nitrogens with zero attached hydrogens (tertiary/aromatic N) is 4. The van der Waals surface area contributed by atoms with Crippen LogP contribution in [0.15, 0.2) is 30.7 Å². The molecule has 0 aliphatic carbocycles. The van der Waals surface area contributed by atoms with Crippen molar-refractivity contribution in [3.05, 3.63) is 42.1 Å². The molecule has 2 saturated heterocycles. The normalized spacial score (nSPS) is 27.0. The van der Waals surface area contributed by atoms with E-state index in [1.165, 1.54) is 11.6 Å². The Labute approximate surface area is 146 Å². The zero-order valence-electron chi connectivity index (χ0n) is 14.4. The van der Waals surface area contributed by atoms with Gasteiger partial charge in [-0.05, 0) is 31.5 Å². The van der Waals surface area contributed by atoms with E-state index >= 15 is 0 Å². The van der Waals surface area contributed by atoms with E-state index in [4.69, 9.17) is 9.47 Å². The summed E-state index contributed by atoms with van der Waals surface area (Å²) >= 11 is 0. The Morgan fingerprint density at radius 3 is 3.20 bits per heavy atom. The van der Waals surface area contributed by atoms with Gasteiger partial charge in [-0.25, -0.2) is 9.37 Å². The number of likely N-dealkylation sites (tertiary alicyclic amines) is 1. The van der Waals surface area contributed by atoms with Gasteiger partial charge >= 0.3 is 0 Å². The molecule has 2 aromatic rings. The highest BCUT2D eigenvalue weighted by atomic mass is 19.1. The van der Waals surface area contributed by atoms with Crippen molar-refractivity contribution in [3.63, 3.8) is 0 Å². The van der Waals surface area contributed by atoms with Gasteiger partial charge in [-0.1, -0.05) is 0 Å². The fraction of sp³-hybridized carbons (Fsp3) is 0.556. The Morgan fingerprint density at radius 2 is 2.40 bits per heavy atom. The van der Waals surface area contributed by atoms with Crippen molar-refractivity contribution in [3.8, 4) is 5.88 Å². The van der Waals surface area contributed by atoms with Gasteiger partial charge < -0.3 is 9.47 Å². The Bertz CT molecular complexity index is 737. The predicted octanol–water partition coefficient (Wildman–Crippen LogP) is 2.16. The second-order valence-electron chi connectivity index (χ2n) is 7.06. The molecule has 0 bridgehead atoms. The van der Waals surface area contributed by atoms with E-state index in [9.17, 15) is 4.39 Å². The minimum atomic E-state index is -0.426. The van der Waals surface area contributed by atoms with Crippen LogP contribution in [0.2, 0.25) is 0 Å². The van der Waals surface area contributed by atoms with E-state index in [1.54, 1.807) is 12.3 Å². The Kier molecular flexibility index (Phi) is 4.43. The van der Waals surface area contributed by atoms with Crippen LogP contribution in [0.5, 0.6) is 5.88 Å². The topological polar surface area (TPSA) is 52.4 Å². The first-order valence-corrected chi connectivity index (χ1v) is 8.73. The average Bonchev–Trinajstić information content (AvgIpc) is 3.16. The minimum Gasteiger partial charge on any atom is -0.470 e. The maximum absolute atomic E-state index is 13.7. The number of aromatic nitrogens is 3. The third kappa shape index (κ3) is 3.67. The predicted molar refractivity (Wildman–Crippen MR) is 89.6 cm³/mol. The summed E-state index contributed by atoms with van der Waals surface area (Å²) in [6.45, 7) is 3.28. The standard InChI is InChI=1S/C18H23FN4O2/c1-22-10-14(9-21-22)11-23-7-3-5-18(13-23)8-15(12-24-18)25-17-16(19)4-2-6-20-17/h2,4,6,9-10,15H,3,5,7-8,11-13H2,1H3/t15-,18+/m1/s1. The first kappa shape index (κ1) is 16.5. The van der Waals surface area contributed by atoms with Crippen molar-refractivity contribution in [1.29, 1.82) is 0 Å². The lowest BCUT2D eigenvalue weighted by molar-refractivity contribution is -0.0538. The molecule has 134 valence electrons. The van der Waals surface area contributed by atoms with E-state index in [2.05, 4.69) is 15.0 Å². The number of ether oxygens (including phenoxy) is 2. The number of rotatable bonds is 4. The molecule has 2 aliphatic heterocycles. The van der Waals surface area contributed by atoms with Gasteiger partial charge in [-0.3, -0.25) is 9.58 Å². The van der Waals surface area contributed by atoms with Crippen molar-refractivity contribution in [2.75, 3.05) is 19.7 Å². The summed E-state index contributed by atoms with van der Waals surface area (Å²) < 4.78 is 27.5. The number of aryl methyl sites for hydroxylation is 1. The maximum atomic E-state index is 13.7. The van der Waals surface area contributed by atoms with Crippen LogP contribution in [0, 0.1) is 5.82 Å². The van der Waals surface area contributed by atoms with Crippen LogP contribution in [-0.2, 0) is 18.3 Å². The van der Waals surface area contributed by atoms with Gasteiger partial charge in [0.05, 0.1) is 18.4 Å². The summed E-state index contributed by atoms with van der Waals surface area (Å²) in [5.41, 5.74) is 1.01. The molecule has 4 heterocycles. The third-order valence-corrected chi connectivity index (χ3v) is 4.96. The maximum Gasteiger partial charge on any atom is 0.250 e. The zero-order valence-corrected chi connectivity index (χ0v) is 14.4. The third-order valence-electron chi connectivity index (χ3n) is 4.96. The molecule has 2 fully saturated rings. The Balaban J connectivity index is 1.38. The molecule has 25 heavy (non-hydrogen) atoms. The smallest absolute Gasteiger partial charge is 0.250 e. The summed E-state index contributed by atoms with van der Waals surface area (Å²) in [6, 6.07) is 2.93. The number of hydrogen-bond donors (Lipinski definition) is 0.